The van der Waals surface area contributed by atoms with E-state index in [0.29, 0.717) is 33.5 Å². The van der Waals surface area contributed by atoms with Crippen molar-refractivity contribution in [2.45, 2.75) is 0 Å². The van der Waals surface area contributed by atoms with Crippen LogP contribution in [0.25, 0.3) is 0 Å². The number of nitrogens with one attached hydrogen (secondary N) is 2. The second-order valence-corrected chi connectivity index (χ2v) is 7.47. The van der Waals surface area contributed by atoms with Gasteiger partial charge in [0, 0.05) is 15.7 Å². The highest BCUT2D eigenvalue weighted by Crippen LogP contribution is 2.27. The molecule has 0 aliphatic rings. The number of carbonyl (C=O) groups excluding carboxylic acids is 2. The van der Waals surface area contributed by atoms with E-state index in [1.54, 1.807) is 60.7 Å². The highest BCUT2D eigenvalue weighted by Gasteiger charge is 2.11. The number of halogens is 2. The molecule has 154 valence electrons. The molecule has 0 unspecified atom stereocenters. The Labute approximate surface area is 187 Å². The summed E-state index contributed by atoms with van der Waals surface area (Å²) in [5.41, 5.74) is 1.56. The monoisotopic (exact) mass is 488 g/mol. The van der Waals surface area contributed by atoms with Gasteiger partial charge in [0.15, 0.2) is 6.61 Å². The average Bonchev–Trinajstić information content (AvgIpc) is 2.74. The first-order chi connectivity index (χ1) is 14.5. The van der Waals surface area contributed by atoms with E-state index in [1.807, 2.05) is 6.07 Å². The van der Waals surface area contributed by atoms with Crippen molar-refractivity contribution in [2.24, 2.45) is 0 Å². The molecule has 8 heteroatoms. The van der Waals surface area contributed by atoms with Crippen molar-refractivity contribution in [1.29, 1.82) is 0 Å². The third-order valence-electron chi connectivity index (χ3n) is 4.04. The Balaban J connectivity index is 1.56. The van der Waals surface area contributed by atoms with Crippen LogP contribution >= 0.6 is 27.5 Å². The number of amides is 2. The van der Waals surface area contributed by atoms with E-state index in [1.165, 1.54) is 7.11 Å². The van der Waals surface area contributed by atoms with Crippen LogP contribution in [0.5, 0.6) is 11.5 Å². The number of para-hydroxylation sites is 2. The first kappa shape index (κ1) is 21.7. The molecular weight excluding hydrogens is 472 g/mol. The van der Waals surface area contributed by atoms with Gasteiger partial charge in [-0.1, -0.05) is 39.7 Å². The lowest BCUT2D eigenvalue weighted by Gasteiger charge is -2.11. The number of carbonyl (C=O) groups is 2. The predicted octanol–water partition coefficient (Wildman–Crippen LogP) is 5.38. The van der Waals surface area contributed by atoms with E-state index in [-0.39, 0.29) is 18.4 Å². The first-order valence-corrected chi connectivity index (χ1v) is 10.1. The largest absolute Gasteiger partial charge is 0.495 e. The molecule has 0 bridgehead atoms. The molecule has 0 radical (unpaired) electrons. The summed E-state index contributed by atoms with van der Waals surface area (Å²) in [6.45, 7) is -0.197. The molecule has 0 aliphatic heterocycles. The number of benzene rings is 3. The summed E-state index contributed by atoms with van der Waals surface area (Å²) < 4.78 is 11.5. The van der Waals surface area contributed by atoms with Crippen molar-refractivity contribution in [1.82, 2.24) is 0 Å². The molecule has 0 saturated heterocycles. The van der Waals surface area contributed by atoms with Crippen LogP contribution < -0.4 is 20.1 Å². The number of hydrogen-bond donors (Lipinski definition) is 2. The number of methoxy groups -OCH3 is 1. The molecule has 3 aromatic rings. The van der Waals surface area contributed by atoms with Gasteiger partial charge in [-0.3, -0.25) is 9.59 Å². The highest BCUT2D eigenvalue weighted by atomic mass is 79.9. The molecule has 0 aromatic heterocycles. The summed E-state index contributed by atoms with van der Waals surface area (Å²) in [6.07, 6.45) is 0. The van der Waals surface area contributed by atoms with E-state index in [0.717, 1.165) is 4.47 Å². The SMILES string of the molecule is COc1ccccc1NC(=O)c1ccc(NC(=O)COc2ccc(Br)cc2Cl)cc1. The van der Waals surface area contributed by atoms with Crippen molar-refractivity contribution >= 4 is 50.7 Å². The fourth-order valence-corrected chi connectivity index (χ4v) is 3.31. The number of hydrogen-bond acceptors (Lipinski definition) is 4. The summed E-state index contributed by atoms with van der Waals surface area (Å²) >= 11 is 9.37. The van der Waals surface area contributed by atoms with E-state index >= 15 is 0 Å². The van der Waals surface area contributed by atoms with Gasteiger partial charge in [-0.15, -0.1) is 0 Å². The lowest BCUT2D eigenvalue weighted by atomic mass is 10.2. The van der Waals surface area contributed by atoms with Gasteiger partial charge in [0.05, 0.1) is 17.8 Å². The molecule has 30 heavy (non-hydrogen) atoms. The maximum Gasteiger partial charge on any atom is 0.262 e. The van der Waals surface area contributed by atoms with Gasteiger partial charge >= 0.3 is 0 Å². The Bertz CT molecular complexity index is 1060. The molecule has 0 saturated carbocycles. The fourth-order valence-electron chi connectivity index (χ4n) is 2.58. The van der Waals surface area contributed by atoms with E-state index in [4.69, 9.17) is 21.1 Å². The molecule has 0 heterocycles. The van der Waals surface area contributed by atoms with Crippen LogP contribution in [0.2, 0.25) is 5.02 Å². The maximum atomic E-state index is 12.4. The van der Waals surface area contributed by atoms with Crippen molar-refractivity contribution in [3.8, 4) is 11.5 Å². The van der Waals surface area contributed by atoms with E-state index in [2.05, 4.69) is 26.6 Å². The van der Waals surface area contributed by atoms with Crippen LogP contribution in [0.1, 0.15) is 10.4 Å². The quantitative estimate of drug-likeness (QED) is 0.467. The van der Waals surface area contributed by atoms with Crippen LogP contribution in [0.3, 0.4) is 0 Å². The van der Waals surface area contributed by atoms with Crippen molar-refractivity contribution in [3.63, 3.8) is 0 Å². The third-order valence-corrected chi connectivity index (χ3v) is 4.83. The van der Waals surface area contributed by atoms with E-state index in [9.17, 15) is 9.59 Å². The lowest BCUT2D eigenvalue weighted by Crippen LogP contribution is -2.20. The van der Waals surface area contributed by atoms with Crippen molar-refractivity contribution < 1.29 is 19.1 Å². The zero-order valence-corrected chi connectivity index (χ0v) is 18.3. The minimum absolute atomic E-state index is 0.197. The van der Waals surface area contributed by atoms with Gasteiger partial charge in [0.1, 0.15) is 11.5 Å². The molecule has 0 atom stereocenters. The molecule has 6 nitrogen and oxygen atoms in total. The second kappa shape index (κ2) is 10.1. The molecule has 0 aliphatic carbocycles. The Morgan fingerprint density at radius 2 is 1.70 bits per heavy atom. The van der Waals surface area contributed by atoms with Gasteiger partial charge in [-0.25, -0.2) is 0 Å². The molecule has 0 spiro atoms. The van der Waals surface area contributed by atoms with E-state index < -0.39 is 0 Å². The number of rotatable bonds is 7. The van der Waals surface area contributed by atoms with Gasteiger partial charge in [-0.05, 0) is 54.6 Å². The molecular formula is C22H18BrClN2O4. The summed E-state index contributed by atoms with van der Waals surface area (Å²) in [5.74, 6) is 0.352. The van der Waals surface area contributed by atoms with Gasteiger partial charge < -0.3 is 20.1 Å². The second-order valence-electron chi connectivity index (χ2n) is 6.14. The Morgan fingerprint density at radius 3 is 2.40 bits per heavy atom. The molecule has 2 amide bonds. The van der Waals surface area contributed by atoms with Gasteiger partial charge in [0.2, 0.25) is 0 Å². The molecule has 2 N–H and O–H groups in total. The zero-order chi connectivity index (χ0) is 21.5. The normalized spacial score (nSPS) is 10.2. The smallest absolute Gasteiger partial charge is 0.262 e. The lowest BCUT2D eigenvalue weighted by molar-refractivity contribution is -0.118. The zero-order valence-electron chi connectivity index (χ0n) is 15.9. The highest BCUT2D eigenvalue weighted by molar-refractivity contribution is 9.10. The Morgan fingerprint density at radius 1 is 0.967 bits per heavy atom. The molecule has 0 fully saturated rings. The fraction of sp³-hybridized carbons (Fsp3) is 0.0909. The Hall–Kier alpha value is -3.03. The average molecular weight is 490 g/mol. The molecule has 3 rings (SSSR count). The minimum Gasteiger partial charge on any atom is -0.495 e. The van der Waals surface area contributed by atoms with Crippen LogP contribution in [0.4, 0.5) is 11.4 Å². The van der Waals surface area contributed by atoms with Crippen LogP contribution in [0, 0.1) is 0 Å². The molecule has 3 aromatic carbocycles. The summed E-state index contributed by atoms with van der Waals surface area (Å²) in [4.78, 5) is 24.6. The number of anilines is 2. The van der Waals surface area contributed by atoms with Crippen LogP contribution in [0.15, 0.2) is 71.2 Å². The van der Waals surface area contributed by atoms with Crippen LogP contribution in [-0.2, 0) is 4.79 Å². The predicted molar refractivity (Wildman–Crippen MR) is 121 cm³/mol. The summed E-state index contributed by atoms with van der Waals surface area (Å²) in [7, 11) is 1.54. The first-order valence-electron chi connectivity index (χ1n) is 8.88. The third kappa shape index (κ3) is 5.75. The van der Waals surface area contributed by atoms with Gasteiger partial charge in [0.25, 0.3) is 11.8 Å². The standard InChI is InChI=1S/C22H18BrClN2O4/c1-29-20-5-3-2-4-18(20)26-22(28)14-6-9-16(10-7-14)25-21(27)13-30-19-11-8-15(23)12-17(19)24/h2-12H,13H2,1H3,(H,25,27)(H,26,28). The summed E-state index contributed by atoms with van der Waals surface area (Å²) in [5, 5.41) is 5.91. The Kier molecular flexibility index (Phi) is 7.32. The van der Waals surface area contributed by atoms with Crippen LogP contribution in [-0.4, -0.2) is 25.5 Å². The number of ether oxygens (including phenoxy) is 2. The maximum absolute atomic E-state index is 12.4. The van der Waals surface area contributed by atoms with Crippen molar-refractivity contribution in [2.75, 3.05) is 24.4 Å². The summed E-state index contributed by atoms with van der Waals surface area (Å²) in [6, 6.07) is 18.8. The topological polar surface area (TPSA) is 76.7 Å². The van der Waals surface area contributed by atoms with Crippen molar-refractivity contribution in [3.05, 3.63) is 81.8 Å². The minimum atomic E-state index is -0.347. The van der Waals surface area contributed by atoms with Gasteiger partial charge in [-0.2, -0.15) is 0 Å².